The Morgan fingerprint density at radius 1 is 1.21 bits per heavy atom. The molecule has 2 aliphatic rings. The number of hydrogen-bond acceptors (Lipinski definition) is 6. The zero-order valence-electron chi connectivity index (χ0n) is 16.6. The van der Waals surface area contributed by atoms with Crippen LogP contribution in [0.1, 0.15) is 31.7 Å². The Kier molecular flexibility index (Phi) is 7.26. The largest absolute Gasteiger partial charge is 0.456 e. The van der Waals surface area contributed by atoms with Gasteiger partial charge in [-0.1, -0.05) is 12.1 Å². The zero-order chi connectivity index (χ0) is 20.9. The van der Waals surface area contributed by atoms with Gasteiger partial charge in [-0.3, -0.25) is 9.59 Å². The lowest BCUT2D eigenvalue weighted by atomic mass is 10.1. The van der Waals surface area contributed by atoms with Gasteiger partial charge in [0.25, 0.3) is 5.91 Å². The summed E-state index contributed by atoms with van der Waals surface area (Å²) < 4.78 is 36.8. The summed E-state index contributed by atoms with van der Waals surface area (Å²) in [5, 5.41) is 2.83. The summed E-state index contributed by atoms with van der Waals surface area (Å²) in [5.74, 6) is -0.190. The molecule has 0 aromatic heterocycles. The van der Waals surface area contributed by atoms with E-state index in [0.717, 1.165) is 18.4 Å². The summed E-state index contributed by atoms with van der Waals surface area (Å²) in [4.78, 5) is 23.9. The molecule has 1 saturated carbocycles. The summed E-state index contributed by atoms with van der Waals surface area (Å²) >= 11 is 0. The number of nitrogens with one attached hydrogen (secondary N) is 1. The van der Waals surface area contributed by atoms with Gasteiger partial charge >= 0.3 is 5.97 Å². The zero-order valence-corrected chi connectivity index (χ0v) is 17.4. The standard InChI is InChI=1S/C20H28N2O6S/c1-15(17-5-6-17)21-19(23)14-28-20(24)9-4-16-2-7-18(8-3-16)29(25,26)22-10-12-27-13-11-22/h2-3,7-8,15,17H,4-6,9-14H2,1H3,(H,21,23)/t15-/m1/s1. The number of benzene rings is 1. The van der Waals surface area contributed by atoms with Crippen molar-refractivity contribution in [2.75, 3.05) is 32.9 Å². The molecule has 2 fully saturated rings. The number of ether oxygens (including phenoxy) is 2. The molecule has 1 aromatic carbocycles. The number of carbonyl (C=O) groups is 2. The van der Waals surface area contributed by atoms with Crippen molar-refractivity contribution in [1.82, 2.24) is 9.62 Å². The molecule has 1 heterocycles. The molecule has 1 aliphatic heterocycles. The molecule has 0 radical (unpaired) electrons. The van der Waals surface area contributed by atoms with Gasteiger partial charge in [0.05, 0.1) is 18.1 Å². The fraction of sp³-hybridized carbons (Fsp3) is 0.600. The van der Waals surface area contributed by atoms with Crippen molar-refractivity contribution >= 4 is 21.9 Å². The van der Waals surface area contributed by atoms with Crippen molar-refractivity contribution in [3.05, 3.63) is 29.8 Å². The van der Waals surface area contributed by atoms with E-state index in [-0.39, 0.29) is 29.9 Å². The molecule has 8 nitrogen and oxygen atoms in total. The predicted molar refractivity (Wildman–Crippen MR) is 106 cm³/mol. The minimum absolute atomic E-state index is 0.119. The quantitative estimate of drug-likeness (QED) is 0.596. The van der Waals surface area contributed by atoms with Crippen molar-refractivity contribution in [3.63, 3.8) is 0 Å². The fourth-order valence-corrected chi connectivity index (χ4v) is 4.65. The van der Waals surface area contributed by atoms with Gasteiger partial charge in [-0.05, 0) is 49.8 Å². The maximum atomic E-state index is 12.6. The van der Waals surface area contributed by atoms with Gasteiger partial charge in [-0.2, -0.15) is 4.31 Å². The van der Waals surface area contributed by atoms with Gasteiger partial charge in [0, 0.05) is 25.6 Å². The van der Waals surface area contributed by atoms with Crippen LogP contribution in [-0.2, 0) is 35.5 Å². The van der Waals surface area contributed by atoms with Gasteiger partial charge in [-0.15, -0.1) is 0 Å². The molecule has 3 rings (SSSR count). The van der Waals surface area contributed by atoms with Crippen LogP contribution in [0.3, 0.4) is 0 Å². The van der Waals surface area contributed by atoms with Crippen molar-refractivity contribution in [3.8, 4) is 0 Å². The van der Waals surface area contributed by atoms with E-state index in [2.05, 4.69) is 5.32 Å². The maximum Gasteiger partial charge on any atom is 0.306 e. The number of amides is 1. The van der Waals surface area contributed by atoms with Crippen LogP contribution in [0.15, 0.2) is 29.2 Å². The number of sulfonamides is 1. The Morgan fingerprint density at radius 2 is 1.86 bits per heavy atom. The van der Waals surface area contributed by atoms with Gasteiger partial charge < -0.3 is 14.8 Å². The van der Waals surface area contributed by atoms with Crippen LogP contribution in [-0.4, -0.2) is 63.6 Å². The topological polar surface area (TPSA) is 102 Å². The first kappa shape index (κ1) is 21.7. The lowest BCUT2D eigenvalue weighted by molar-refractivity contribution is -0.148. The van der Waals surface area contributed by atoms with Crippen molar-refractivity contribution in [1.29, 1.82) is 0 Å². The van der Waals surface area contributed by atoms with Crippen LogP contribution in [0, 0.1) is 5.92 Å². The first-order chi connectivity index (χ1) is 13.9. The van der Waals surface area contributed by atoms with E-state index in [0.29, 0.717) is 38.6 Å². The monoisotopic (exact) mass is 424 g/mol. The molecule has 0 spiro atoms. The number of morpholine rings is 1. The Bertz CT molecular complexity index is 814. The van der Waals surface area contributed by atoms with Crippen molar-refractivity contribution in [2.45, 2.75) is 43.5 Å². The van der Waals surface area contributed by atoms with E-state index >= 15 is 0 Å². The Morgan fingerprint density at radius 3 is 2.48 bits per heavy atom. The van der Waals surface area contributed by atoms with E-state index in [1.165, 1.54) is 4.31 Å². The molecule has 1 saturated heterocycles. The highest BCUT2D eigenvalue weighted by Gasteiger charge is 2.29. The summed E-state index contributed by atoms with van der Waals surface area (Å²) in [6.07, 6.45) is 2.80. The lowest BCUT2D eigenvalue weighted by Gasteiger charge is -2.26. The highest BCUT2D eigenvalue weighted by molar-refractivity contribution is 7.89. The van der Waals surface area contributed by atoms with E-state index in [4.69, 9.17) is 9.47 Å². The highest BCUT2D eigenvalue weighted by Crippen LogP contribution is 2.32. The summed E-state index contributed by atoms with van der Waals surface area (Å²) in [6, 6.07) is 6.62. The molecule has 0 unspecified atom stereocenters. The van der Waals surface area contributed by atoms with Crippen LogP contribution in [0.25, 0.3) is 0 Å². The summed E-state index contributed by atoms with van der Waals surface area (Å²) in [7, 11) is -3.52. The van der Waals surface area contributed by atoms with E-state index in [9.17, 15) is 18.0 Å². The Hall–Kier alpha value is -1.97. The molecule has 1 atom stereocenters. The smallest absolute Gasteiger partial charge is 0.306 e. The molecule has 0 bridgehead atoms. The number of nitrogens with zero attached hydrogens (tertiary/aromatic N) is 1. The normalized spacial score (nSPS) is 18.8. The minimum Gasteiger partial charge on any atom is -0.456 e. The molecule has 1 amide bonds. The second-order valence-electron chi connectivity index (χ2n) is 7.51. The van der Waals surface area contributed by atoms with Crippen LogP contribution >= 0.6 is 0 Å². The molecule has 1 N–H and O–H groups in total. The number of carbonyl (C=O) groups excluding carboxylic acids is 2. The Balaban J connectivity index is 1.42. The average Bonchev–Trinajstić information content (AvgIpc) is 3.57. The summed E-state index contributed by atoms with van der Waals surface area (Å²) in [5.41, 5.74) is 0.828. The van der Waals surface area contributed by atoms with Crippen LogP contribution in [0.4, 0.5) is 0 Å². The molecule has 160 valence electrons. The third-order valence-electron chi connectivity index (χ3n) is 5.23. The van der Waals surface area contributed by atoms with Crippen LogP contribution in [0.5, 0.6) is 0 Å². The van der Waals surface area contributed by atoms with Crippen LogP contribution in [0.2, 0.25) is 0 Å². The fourth-order valence-electron chi connectivity index (χ4n) is 3.24. The minimum atomic E-state index is -3.52. The molecule has 9 heteroatoms. The third-order valence-corrected chi connectivity index (χ3v) is 7.14. The molecular weight excluding hydrogens is 396 g/mol. The van der Waals surface area contributed by atoms with Crippen molar-refractivity contribution < 1.29 is 27.5 Å². The second-order valence-corrected chi connectivity index (χ2v) is 9.45. The molecular formula is C20H28N2O6S. The molecule has 1 aromatic rings. The predicted octanol–water partition coefficient (Wildman–Crippen LogP) is 1.10. The highest BCUT2D eigenvalue weighted by atomic mass is 32.2. The average molecular weight is 425 g/mol. The van der Waals surface area contributed by atoms with E-state index in [1.54, 1.807) is 24.3 Å². The maximum absolute atomic E-state index is 12.6. The van der Waals surface area contributed by atoms with E-state index < -0.39 is 16.0 Å². The molecule has 1 aliphatic carbocycles. The number of rotatable bonds is 9. The molecule has 29 heavy (non-hydrogen) atoms. The third kappa shape index (κ3) is 6.25. The first-order valence-electron chi connectivity index (χ1n) is 9.98. The lowest BCUT2D eigenvalue weighted by Crippen LogP contribution is -2.40. The number of aryl methyl sites for hydroxylation is 1. The van der Waals surface area contributed by atoms with Crippen molar-refractivity contribution in [2.24, 2.45) is 5.92 Å². The number of hydrogen-bond donors (Lipinski definition) is 1. The first-order valence-corrected chi connectivity index (χ1v) is 11.4. The van der Waals surface area contributed by atoms with Gasteiger partial charge in [0.2, 0.25) is 10.0 Å². The second kappa shape index (κ2) is 9.69. The van der Waals surface area contributed by atoms with Crippen LogP contribution < -0.4 is 5.32 Å². The van der Waals surface area contributed by atoms with Gasteiger partial charge in [-0.25, -0.2) is 8.42 Å². The summed E-state index contributed by atoms with van der Waals surface area (Å²) in [6.45, 7) is 3.19. The van der Waals surface area contributed by atoms with Gasteiger partial charge in [0.15, 0.2) is 6.61 Å². The number of esters is 1. The van der Waals surface area contributed by atoms with E-state index in [1.807, 2.05) is 6.92 Å². The van der Waals surface area contributed by atoms with Gasteiger partial charge in [0.1, 0.15) is 0 Å². The Labute approximate surface area is 171 Å². The SMILES string of the molecule is C[C@@H](NC(=O)COC(=O)CCc1ccc(S(=O)(=O)N2CCOCC2)cc1)C1CC1.